The zero-order valence-corrected chi connectivity index (χ0v) is 12.3. The van der Waals surface area contributed by atoms with Crippen molar-refractivity contribution in [3.8, 4) is 5.75 Å². The molecule has 0 saturated carbocycles. The standard InChI is InChI=1S/C18H19NO2/c1-12-4-3-5-15(11-12)19-18(20)17-9-7-14-10-13(2)6-8-16(14)21-17/h3-6,8,10-11,17H,7,9H2,1-2H3,(H,19,20). The number of carbonyl (C=O) groups excluding carboxylic acids is 1. The summed E-state index contributed by atoms with van der Waals surface area (Å²) in [7, 11) is 0. The van der Waals surface area contributed by atoms with Gasteiger partial charge in [0.1, 0.15) is 5.75 Å². The molecule has 2 aromatic rings. The molecule has 0 aliphatic carbocycles. The minimum Gasteiger partial charge on any atom is -0.480 e. The maximum atomic E-state index is 12.3. The van der Waals surface area contributed by atoms with Gasteiger partial charge in [0, 0.05) is 5.69 Å². The van der Waals surface area contributed by atoms with Gasteiger partial charge in [0.05, 0.1) is 0 Å². The molecule has 2 aromatic carbocycles. The second-order valence-electron chi connectivity index (χ2n) is 5.62. The third kappa shape index (κ3) is 3.07. The molecule has 1 aliphatic heterocycles. The van der Waals surface area contributed by atoms with Gasteiger partial charge in [0.25, 0.3) is 5.91 Å². The molecule has 0 spiro atoms. The summed E-state index contributed by atoms with van der Waals surface area (Å²) in [5.41, 5.74) is 4.35. The van der Waals surface area contributed by atoms with Crippen LogP contribution in [0.2, 0.25) is 0 Å². The van der Waals surface area contributed by atoms with Crippen molar-refractivity contribution in [2.75, 3.05) is 5.32 Å². The first-order valence-electron chi connectivity index (χ1n) is 7.25. The molecule has 108 valence electrons. The van der Waals surface area contributed by atoms with E-state index >= 15 is 0 Å². The van der Waals surface area contributed by atoms with Gasteiger partial charge in [0.2, 0.25) is 0 Å². The van der Waals surface area contributed by atoms with Crippen molar-refractivity contribution in [1.29, 1.82) is 0 Å². The van der Waals surface area contributed by atoms with Gasteiger partial charge in [-0.25, -0.2) is 0 Å². The van der Waals surface area contributed by atoms with Gasteiger partial charge < -0.3 is 10.1 Å². The summed E-state index contributed by atoms with van der Waals surface area (Å²) in [6.07, 6.45) is 1.18. The van der Waals surface area contributed by atoms with Crippen molar-refractivity contribution in [2.24, 2.45) is 0 Å². The fourth-order valence-corrected chi connectivity index (χ4v) is 2.65. The van der Waals surface area contributed by atoms with Gasteiger partial charge in [-0.15, -0.1) is 0 Å². The van der Waals surface area contributed by atoms with Crippen molar-refractivity contribution < 1.29 is 9.53 Å². The Bertz CT molecular complexity index is 679. The Morgan fingerprint density at radius 1 is 1.14 bits per heavy atom. The minimum absolute atomic E-state index is 0.0770. The lowest BCUT2D eigenvalue weighted by Crippen LogP contribution is -2.35. The molecule has 1 atom stereocenters. The fraction of sp³-hybridized carbons (Fsp3) is 0.278. The van der Waals surface area contributed by atoms with Crippen LogP contribution in [-0.4, -0.2) is 12.0 Å². The number of benzene rings is 2. The largest absolute Gasteiger partial charge is 0.480 e. The second-order valence-corrected chi connectivity index (χ2v) is 5.62. The summed E-state index contributed by atoms with van der Waals surface area (Å²) in [5, 5.41) is 2.93. The van der Waals surface area contributed by atoms with Gasteiger partial charge >= 0.3 is 0 Å². The Labute approximate surface area is 124 Å². The highest BCUT2D eigenvalue weighted by molar-refractivity contribution is 5.94. The normalized spacial score (nSPS) is 16.8. The van der Waals surface area contributed by atoms with Gasteiger partial charge in [0.15, 0.2) is 6.10 Å². The topological polar surface area (TPSA) is 38.3 Å². The molecule has 3 nitrogen and oxygen atoms in total. The Morgan fingerprint density at radius 2 is 1.95 bits per heavy atom. The molecule has 3 heteroatoms. The van der Waals surface area contributed by atoms with Crippen LogP contribution in [-0.2, 0) is 11.2 Å². The van der Waals surface area contributed by atoms with E-state index in [0.29, 0.717) is 6.42 Å². The highest BCUT2D eigenvalue weighted by Gasteiger charge is 2.26. The number of fused-ring (bicyclic) bond motifs is 1. The minimum atomic E-state index is -0.416. The number of hydrogen-bond acceptors (Lipinski definition) is 2. The zero-order valence-electron chi connectivity index (χ0n) is 12.3. The number of aryl methyl sites for hydroxylation is 3. The third-order valence-corrected chi connectivity index (χ3v) is 3.74. The molecule has 1 heterocycles. The molecular formula is C18H19NO2. The molecule has 0 radical (unpaired) electrons. The van der Waals surface area contributed by atoms with Crippen LogP contribution in [0.4, 0.5) is 5.69 Å². The number of hydrogen-bond donors (Lipinski definition) is 1. The molecule has 0 aromatic heterocycles. The van der Waals surface area contributed by atoms with Crippen LogP contribution in [0.25, 0.3) is 0 Å². The molecule has 3 rings (SSSR count). The van der Waals surface area contributed by atoms with E-state index in [1.165, 1.54) is 11.1 Å². The first-order chi connectivity index (χ1) is 10.1. The number of rotatable bonds is 2. The Morgan fingerprint density at radius 3 is 2.76 bits per heavy atom. The molecule has 21 heavy (non-hydrogen) atoms. The summed E-state index contributed by atoms with van der Waals surface area (Å²) in [4.78, 5) is 12.3. The summed E-state index contributed by atoms with van der Waals surface area (Å²) in [6, 6.07) is 13.9. The van der Waals surface area contributed by atoms with E-state index in [4.69, 9.17) is 4.74 Å². The zero-order chi connectivity index (χ0) is 14.8. The van der Waals surface area contributed by atoms with Crippen LogP contribution in [0.5, 0.6) is 5.75 Å². The van der Waals surface area contributed by atoms with E-state index < -0.39 is 6.10 Å². The van der Waals surface area contributed by atoms with E-state index in [0.717, 1.165) is 23.4 Å². The van der Waals surface area contributed by atoms with Crippen LogP contribution in [0, 0.1) is 13.8 Å². The number of anilines is 1. The van der Waals surface area contributed by atoms with Crippen LogP contribution in [0.15, 0.2) is 42.5 Å². The molecule has 1 amide bonds. The van der Waals surface area contributed by atoms with Crippen LogP contribution in [0.1, 0.15) is 23.1 Å². The molecule has 0 fully saturated rings. The smallest absolute Gasteiger partial charge is 0.265 e. The van der Waals surface area contributed by atoms with Crippen molar-refractivity contribution in [3.63, 3.8) is 0 Å². The SMILES string of the molecule is Cc1cccc(NC(=O)C2CCc3cc(C)ccc3O2)c1. The quantitative estimate of drug-likeness (QED) is 0.912. The molecule has 0 saturated heterocycles. The number of carbonyl (C=O) groups is 1. The van der Waals surface area contributed by atoms with Crippen molar-refractivity contribution >= 4 is 11.6 Å². The Kier molecular flexibility index (Phi) is 3.65. The predicted molar refractivity (Wildman–Crippen MR) is 83.7 cm³/mol. The highest BCUT2D eigenvalue weighted by Crippen LogP contribution is 2.28. The number of ether oxygens (including phenoxy) is 1. The average Bonchev–Trinajstić information content (AvgIpc) is 2.46. The van der Waals surface area contributed by atoms with E-state index in [9.17, 15) is 4.79 Å². The maximum Gasteiger partial charge on any atom is 0.265 e. The number of amides is 1. The average molecular weight is 281 g/mol. The molecule has 1 aliphatic rings. The lowest BCUT2D eigenvalue weighted by Gasteiger charge is -2.25. The molecule has 1 unspecified atom stereocenters. The molecule has 1 N–H and O–H groups in total. The third-order valence-electron chi connectivity index (χ3n) is 3.74. The van der Waals surface area contributed by atoms with E-state index in [2.05, 4.69) is 18.3 Å². The van der Waals surface area contributed by atoms with E-state index in [1.54, 1.807) is 0 Å². The Balaban J connectivity index is 1.71. The summed E-state index contributed by atoms with van der Waals surface area (Å²) in [5.74, 6) is 0.753. The van der Waals surface area contributed by atoms with E-state index in [-0.39, 0.29) is 5.91 Å². The summed E-state index contributed by atoms with van der Waals surface area (Å²) in [6.45, 7) is 4.07. The van der Waals surface area contributed by atoms with Crippen LogP contribution >= 0.6 is 0 Å². The fourth-order valence-electron chi connectivity index (χ4n) is 2.65. The highest BCUT2D eigenvalue weighted by atomic mass is 16.5. The van der Waals surface area contributed by atoms with Gasteiger partial charge in [-0.2, -0.15) is 0 Å². The first-order valence-corrected chi connectivity index (χ1v) is 7.25. The first kappa shape index (κ1) is 13.7. The summed E-state index contributed by atoms with van der Waals surface area (Å²) < 4.78 is 5.84. The monoisotopic (exact) mass is 281 g/mol. The van der Waals surface area contributed by atoms with E-state index in [1.807, 2.05) is 43.3 Å². The van der Waals surface area contributed by atoms with Crippen molar-refractivity contribution in [1.82, 2.24) is 0 Å². The molecular weight excluding hydrogens is 262 g/mol. The summed E-state index contributed by atoms with van der Waals surface area (Å²) >= 11 is 0. The Hall–Kier alpha value is -2.29. The van der Waals surface area contributed by atoms with Gasteiger partial charge in [-0.3, -0.25) is 4.79 Å². The van der Waals surface area contributed by atoms with Crippen LogP contribution in [0.3, 0.4) is 0 Å². The van der Waals surface area contributed by atoms with Crippen molar-refractivity contribution in [2.45, 2.75) is 32.8 Å². The molecule has 0 bridgehead atoms. The second kappa shape index (κ2) is 5.60. The lowest BCUT2D eigenvalue weighted by atomic mass is 10.00. The lowest BCUT2D eigenvalue weighted by molar-refractivity contribution is -0.123. The van der Waals surface area contributed by atoms with Gasteiger partial charge in [-0.05, 0) is 56.0 Å². The van der Waals surface area contributed by atoms with Crippen molar-refractivity contribution in [3.05, 3.63) is 59.2 Å². The maximum absolute atomic E-state index is 12.3. The van der Waals surface area contributed by atoms with Crippen LogP contribution < -0.4 is 10.1 Å². The van der Waals surface area contributed by atoms with Gasteiger partial charge in [-0.1, -0.05) is 29.8 Å². The number of nitrogens with one attached hydrogen (secondary N) is 1. The predicted octanol–water partition coefficient (Wildman–Crippen LogP) is 3.64.